The third kappa shape index (κ3) is 5.75. The second kappa shape index (κ2) is 12.2. The van der Waals surface area contributed by atoms with Crippen LogP contribution in [-0.2, 0) is 0 Å². The van der Waals surface area contributed by atoms with E-state index in [9.17, 15) is 0 Å². The number of allylic oxidation sites excluding steroid dienone is 4. The average Bonchev–Trinajstić information content (AvgIpc) is 3.09. The van der Waals surface area contributed by atoms with E-state index in [4.69, 9.17) is 16.6 Å². The van der Waals surface area contributed by atoms with Crippen LogP contribution >= 0.6 is 11.6 Å². The van der Waals surface area contributed by atoms with Crippen LogP contribution in [0.25, 0.3) is 50.6 Å². The van der Waals surface area contributed by atoms with Crippen LogP contribution in [0.1, 0.15) is 24.0 Å². The summed E-state index contributed by atoms with van der Waals surface area (Å²) in [6, 6.07) is 46.4. The second-order valence-electron chi connectivity index (χ2n) is 11.1. The van der Waals surface area contributed by atoms with Crippen LogP contribution in [-0.4, -0.2) is 15.0 Å². The van der Waals surface area contributed by atoms with Gasteiger partial charge in [0.15, 0.2) is 11.6 Å². The van der Waals surface area contributed by atoms with Gasteiger partial charge in [-0.15, -0.1) is 0 Å². The lowest BCUT2D eigenvalue weighted by Gasteiger charge is -2.27. The minimum absolute atomic E-state index is 0.176. The summed E-state index contributed by atoms with van der Waals surface area (Å²) in [6.07, 6.45) is 6.67. The molecular weight excluding hydrogens is 558 g/mol. The maximum absolute atomic E-state index is 6.47. The normalized spacial score (nSPS) is 16.0. The quantitative estimate of drug-likeness (QED) is 0.194. The smallest absolute Gasteiger partial charge is 0.208 e. The number of nitrogens with zero attached hydrogens (tertiary/aromatic N) is 3. The fourth-order valence-corrected chi connectivity index (χ4v) is 6.15. The Morgan fingerprint density at radius 1 is 0.500 bits per heavy atom. The van der Waals surface area contributed by atoms with Gasteiger partial charge in [0.1, 0.15) is 0 Å². The van der Waals surface area contributed by atoms with E-state index in [1.165, 1.54) is 27.8 Å². The van der Waals surface area contributed by atoms with E-state index >= 15 is 0 Å². The third-order valence-electron chi connectivity index (χ3n) is 8.31. The summed E-state index contributed by atoms with van der Waals surface area (Å²) in [6.45, 7) is 2.29. The highest BCUT2D eigenvalue weighted by atomic mass is 35.5. The van der Waals surface area contributed by atoms with Crippen LogP contribution in [0.2, 0.25) is 5.28 Å². The van der Waals surface area contributed by atoms with Crippen LogP contribution in [0.3, 0.4) is 0 Å². The standard InChI is InChI=1S/C40H30ClN3/c1-27-36(30-13-6-3-7-14-30)19-10-20-37(27)34-17-9-18-35(26-34)39-42-38(43-40(41)44-39)31-23-21-29(22-24-31)33-16-8-15-32(25-33)28-11-4-2-5-12-28/h2-27,37H,1H3. The molecule has 5 aromatic carbocycles. The maximum Gasteiger partial charge on any atom is 0.226 e. The monoisotopic (exact) mass is 587 g/mol. The molecule has 3 nitrogen and oxygen atoms in total. The molecule has 0 saturated heterocycles. The Morgan fingerprint density at radius 3 is 1.75 bits per heavy atom. The Bertz CT molecular complexity index is 1980. The molecule has 1 aliphatic rings. The molecule has 0 spiro atoms. The number of hydrogen-bond donors (Lipinski definition) is 0. The van der Waals surface area contributed by atoms with E-state index in [2.05, 4.69) is 144 Å². The van der Waals surface area contributed by atoms with Crippen molar-refractivity contribution in [3.63, 3.8) is 0 Å². The van der Waals surface area contributed by atoms with Crippen LogP contribution in [0, 0.1) is 5.92 Å². The summed E-state index contributed by atoms with van der Waals surface area (Å²) in [7, 11) is 0. The zero-order chi connectivity index (χ0) is 29.9. The molecule has 2 atom stereocenters. The lowest BCUT2D eigenvalue weighted by Crippen LogP contribution is -2.12. The largest absolute Gasteiger partial charge is 0.226 e. The van der Waals surface area contributed by atoms with Gasteiger partial charge in [-0.1, -0.05) is 146 Å². The predicted octanol–water partition coefficient (Wildman–Crippen LogP) is 10.6. The molecule has 1 heterocycles. The summed E-state index contributed by atoms with van der Waals surface area (Å²) in [4.78, 5) is 13.9. The molecule has 0 saturated carbocycles. The minimum Gasteiger partial charge on any atom is -0.208 e. The van der Waals surface area contributed by atoms with Gasteiger partial charge in [0.25, 0.3) is 0 Å². The van der Waals surface area contributed by atoms with Crippen molar-refractivity contribution in [2.45, 2.75) is 12.8 Å². The van der Waals surface area contributed by atoms with E-state index in [0.717, 1.165) is 22.3 Å². The van der Waals surface area contributed by atoms with Gasteiger partial charge in [-0.05, 0) is 68.6 Å². The molecule has 0 bridgehead atoms. The minimum atomic E-state index is 0.176. The summed E-state index contributed by atoms with van der Waals surface area (Å²) >= 11 is 6.47. The van der Waals surface area contributed by atoms with Crippen LogP contribution in [0.15, 0.2) is 152 Å². The molecule has 1 aliphatic carbocycles. The van der Waals surface area contributed by atoms with Gasteiger partial charge in [0.05, 0.1) is 0 Å². The third-order valence-corrected chi connectivity index (χ3v) is 8.48. The van der Waals surface area contributed by atoms with Crippen molar-refractivity contribution in [1.82, 2.24) is 15.0 Å². The first-order valence-corrected chi connectivity index (χ1v) is 15.2. The first-order chi connectivity index (χ1) is 21.6. The fraction of sp³-hybridized carbons (Fsp3) is 0.0750. The fourth-order valence-electron chi connectivity index (χ4n) is 5.99. The van der Waals surface area contributed by atoms with Crippen molar-refractivity contribution in [1.29, 1.82) is 0 Å². The molecule has 4 heteroatoms. The zero-order valence-electron chi connectivity index (χ0n) is 24.3. The lowest BCUT2D eigenvalue weighted by atomic mass is 9.77. The highest BCUT2D eigenvalue weighted by Crippen LogP contribution is 2.40. The van der Waals surface area contributed by atoms with Crippen LogP contribution in [0.5, 0.6) is 0 Å². The van der Waals surface area contributed by atoms with Gasteiger partial charge >= 0.3 is 0 Å². The Kier molecular flexibility index (Phi) is 7.70. The maximum atomic E-state index is 6.47. The molecule has 2 unspecified atom stereocenters. The molecule has 1 aromatic heterocycles. The van der Waals surface area contributed by atoms with Crippen LogP contribution < -0.4 is 0 Å². The van der Waals surface area contributed by atoms with E-state index in [1.807, 2.05) is 24.3 Å². The van der Waals surface area contributed by atoms with Crippen molar-refractivity contribution in [2.24, 2.45) is 5.92 Å². The van der Waals surface area contributed by atoms with Crippen LogP contribution in [0.4, 0.5) is 0 Å². The number of aromatic nitrogens is 3. The van der Waals surface area contributed by atoms with Crippen molar-refractivity contribution < 1.29 is 0 Å². The van der Waals surface area contributed by atoms with E-state index in [0.29, 0.717) is 17.6 Å². The molecule has 7 rings (SSSR count). The van der Waals surface area contributed by atoms with E-state index in [-0.39, 0.29) is 11.2 Å². The average molecular weight is 588 g/mol. The number of hydrogen-bond acceptors (Lipinski definition) is 3. The highest BCUT2D eigenvalue weighted by Gasteiger charge is 2.24. The molecular formula is C40H30ClN3. The summed E-state index contributed by atoms with van der Waals surface area (Å²) < 4.78 is 0. The number of rotatable bonds is 6. The van der Waals surface area contributed by atoms with E-state index in [1.54, 1.807) is 0 Å². The van der Waals surface area contributed by atoms with Crippen molar-refractivity contribution >= 4 is 17.2 Å². The highest BCUT2D eigenvalue weighted by molar-refractivity contribution is 6.28. The van der Waals surface area contributed by atoms with Gasteiger partial charge in [0.2, 0.25) is 5.28 Å². The molecule has 212 valence electrons. The number of halogens is 1. The molecule has 0 N–H and O–H groups in total. The Morgan fingerprint density at radius 2 is 1.05 bits per heavy atom. The molecule has 0 amide bonds. The molecule has 44 heavy (non-hydrogen) atoms. The van der Waals surface area contributed by atoms with Crippen molar-refractivity contribution in [3.05, 3.63) is 168 Å². The Hall–Kier alpha value is -5.12. The lowest BCUT2D eigenvalue weighted by molar-refractivity contribution is 0.653. The van der Waals surface area contributed by atoms with Crippen molar-refractivity contribution in [2.75, 3.05) is 0 Å². The SMILES string of the molecule is CC1C(c2ccccc2)=CC=CC1c1cccc(-c2nc(Cl)nc(-c3ccc(-c4cccc(-c5ccccc5)c4)cc3)n2)c1. The first kappa shape index (κ1) is 27.7. The first-order valence-electron chi connectivity index (χ1n) is 14.8. The summed E-state index contributed by atoms with van der Waals surface area (Å²) in [5.41, 5.74) is 10.3. The topological polar surface area (TPSA) is 38.7 Å². The molecule has 0 fully saturated rings. The number of benzene rings is 5. The molecule has 6 aromatic rings. The molecule has 0 radical (unpaired) electrons. The molecule has 0 aliphatic heterocycles. The van der Waals surface area contributed by atoms with Gasteiger partial charge in [-0.25, -0.2) is 4.98 Å². The predicted molar refractivity (Wildman–Crippen MR) is 182 cm³/mol. The van der Waals surface area contributed by atoms with Gasteiger partial charge in [0, 0.05) is 17.0 Å². The summed E-state index contributed by atoms with van der Waals surface area (Å²) in [5.74, 6) is 1.67. The van der Waals surface area contributed by atoms with Gasteiger partial charge < -0.3 is 0 Å². The second-order valence-corrected chi connectivity index (χ2v) is 11.4. The summed E-state index contributed by atoms with van der Waals surface area (Å²) in [5, 5.41) is 0.176. The van der Waals surface area contributed by atoms with Gasteiger partial charge in [-0.2, -0.15) is 9.97 Å². The Labute approximate surface area is 263 Å². The van der Waals surface area contributed by atoms with E-state index < -0.39 is 0 Å². The Balaban J connectivity index is 1.15. The van der Waals surface area contributed by atoms with Gasteiger partial charge in [-0.3, -0.25) is 0 Å². The zero-order valence-corrected chi connectivity index (χ0v) is 25.1. The van der Waals surface area contributed by atoms with Crippen molar-refractivity contribution in [3.8, 4) is 45.0 Å².